The predicted molar refractivity (Wildman–Crippen MR) is 121 cm³/mol. The molecule has 0 aromatic heterocycles. The monoisotopic (exact) mass is 519 g/mol. The van der Waals surface area contributed by atoms with Crippen molar-refractivity contribution in [2.45, 2.75) is 50.1 Å². The van der Waals surface area contributed by atoms with Gasteiger partial charge in [-0.25, -0.2) is 4.79 Å². The molecule has 36 heavy (non-hydrogen) atoms. The number of hydrogen-bond acceptors (Lipinski definition) is 3. The fourth-order valence-electron chi connectivity index (χ4n) is 4.52. The minimum atomic E-state index is -4.97. The van der Waals surface area contributed by atoms with Crippen molar-refractivity contribution >= 4 is 23.1 Å². The van der Waals surface area contributed by atoms with Crippen LogP contribution in [0.2, 0.25) is 0 Å². The second-order valence-corrected chi connectivity index (χ2v) is 9.16. The van der Waals surface area contributed by atoms with Crippen LogP contribution in [0.15, 0.2) is 42.5 Å². The molecule has 0 saturated heterocycles. The van der Waals surface area contributed by atoms with E-state index in [4.69, 9.17) is 0 Å². The number of carbonyl (C=O) groups excluding carboxylic acids is 1. The number of nitro benzene ring substituents is 1. The maximum absolute atomic E-state index is 13.4. The molecule has 0 heterocycles. The Kier molecular flexibility index (Phi) is 7.53. The lowest BCUT2D eigenvalue weighted by Gasteiger charge is -2.44. The zero-order chi connectivity index (χ0) is 26.9. The highest BCUT2D eigenvalue weighted by Gasteiger charge is 2.43. The number of alkyl halides is 6. The first kappa shape index (κ1) is 27.2. The van der Waals surface area contributed by atoms with Gasteiger partial charge in [-0.1, -0.05) is 6.42 Å². The Hall–Kier alpha value is -3.35. The minimum absolute atomic E-state index is 0.0950. The molecule has 196 valence electrons. The lowest BCUT2D eigenvalue weighted by Crippen LogP contribution is -2.61. The SMILES string of the molecule is C[N+](C)(c1cc(C(F)(F)F)cc(C(F)(F)F)c1)[C@@H]1CCCC[C@H]1NC(=O)Nc1ccc([N+](=O)[O-])cc1. The molecule has 1 saturated carbocycles. The van der Waals surface area contributed by atoms with Crippen molar-refractivity contribution in [2.24, 2.45) is 0 Å². The second kappa shape index (κ2) is 9.96. The van der Waals surface area contributed by atoms with Gasteiger partial charge in [0.15, 0.2) is 0 Å². The largest absolute Gasteiger partial charge is 0.416 e. The molecule has 2 N–H and O–H groups in total. The Bertz CT molecular complexity index is 1080. The maximum atomic E-state index is 13.4. The summed E-state index contributed by atoms with van der Waals surface area (Å²) in [6, 6.07) is 4.96. The molecule has 0 radical (unpaired) electrons. The average Bonchev–Trinajstić information content (AvgIpc) is 2.78. The number of urea groups is 1. The quantitative estimate of drug-likeness (QED) is 0.210. The number of nitro groups is 1. The number of carbonyl (C=O) groups is 1. The van der Waals surface area contributed by atoms with Crippen molar-refractivity contribution in [2.75, 3.05) is 19.4 Å². The smallest absolute Gasteiger partial charge is 0.329 e. The molecule has 2 aromatic rings. The molecule has 7 nitrogen and oxygen atoms in total. The number of halogens is 6. The van der Waals surface area contributed by atoms with Gasteiger partial charge in [0.25, 0.3) is 5.69 Å². The highest BCUT2D eigenvalue weighted by Crippen LogP contribution is 2.41. The lowest BCUT2D eigenvalue weighted by atomic mass is 9.87. The number of non-ortho nitro benzene ring substituents is 1. The lowest BCUT2D eigenvalue weighted by molar-refractivity contribution is -0.384. The van der Waals surface area contributed by atoms with Gasteiger partial charge in [-0.05, 0) is 31.0 Å². The van der Waals surface area contributed by atoms with E-state index in [0.29, 0.717) is 19.3 Å². The number of hydrogen-bond donors (Lipinski definition) is 2. The van der Waals surface area contributed by atoms with Crippen LogP contribution in [-0.2, 0) is 12.4 Å². The average molecular weight is 519 g/mol. The Morgan fingerprint density at radius 1 is 0.944 bits per heavy atom. The van der Waals surface area contributed by atoms with Gasteiger partial charge < -0.3 is 10.6 Å². The first-order chi connectivity index (χ1) is 16.6. The van der Waals surface area contributed by atoms with Crippen molar-refractivity contribution < 1.29 is 36.1 Å². The van der Waals surface area contributed by atoms with Crippen LogP contribution in [0.25, 0.3) is 0 Å². The number of nitrogens with one attached hydrogen (secondary N) is 2. The molecule has 1 aliphatic carbocycles. The van der Waals surface area contributed by atoms with Gasteiger partial charge in [-0.2, -0.15) is 26.3 Å². The number of rotatable bonds is 5. The molecule has 2 aromatic carbocycles. The molecule has 0 spiro atoms. The Morgan fingerprint density at radius 3 is 1.97 bits per heavy atom. The fourth-order valence-corrected chi connectivity index (χ4v) is 4.52. The molecule has 0 aliphatic heterocycles. The molecule has 1 fully saturated rings. The first-order valence-electron chi connectivity index (χ1n) is 11.0. The third-order valence-corrected chi connectivity index (χ3v) is 6.45. The highest BCUT2D eigenvalue weighted by molar-refractivity contribution is 5.89. The van der Waals surface area contributed by atoms with Crippen LogP contribution < -0.4 is 15.1 Å². The number of likely N-dealkylation sites (N-methyl/N-ethyl adjacent to an activating group) is 1. The minimum Gasteiger partial charge on any atom is -0.329 e. The summed E-state index contributed by atoms with van der Waals surface area (Å²) in [6.07, 6.45) is -7.58. The van der Waals surface area contributed by atoms with E-state index < -0.39 is 46.5 Å². The topological polar surface area (TPSA) is 84.3 Å². The summed E-state index contributed by atoms with van der Waals surface area (Å²) in [5, 5.41) is 16.1. The molecule has 2 atom stereocenters. The van der Waals surface area contributed by atoms with Crippen molar-refractivity contribution in [3.63, 3.8) is 0 Å². The maximum Gasteiger partial charge on any atom is 0.416 e. The standard InChI is InChI=1S/C23H24F6N4O3/c1-33(2,18-12-14(22(24,25)26)11-15(13-18)23(27,28)29)20-6-4-3-5-19(20)31-21(34)30-16-7-9-17(10-8-16)32(35)36/h7-13,19-20H,3-6H2,1-2H3,(H-,30,31,34)/p+1/t19-,20-/m1/s1. The number of nitrogens with zero attached hydrogens (tertiary/aromatic N) is 2. The van der Waals surface area contributed by atoms with E-state index in [9.17, 15) is 41.3 Å². The van der Waals surface area contributed by atoms with E-state index in [1.807, 2.05) is 0 Å². The van der Waals surface area contributed by atoms with Gasteiger partial charge in [0, 0.05) is 36.4 Å². The molecule has 2 amide bonds. The van der Waals surface area contributed by atoms with Gasteiger partial charge in [0.2, 0.25) is 0 Å². The van der Waals surface area contributed by atoms with Crippen LogP contribution in [0.3, 0.4) is 0 Å². The number of quaternary nitrogens is 1. The van der Waals surface area contributed by atoms with Gasteiger partial charge in [-0.15, -0.1) is 0 Å². The summed E-state index contributed by atoms with van der Waals surface area (Å²) < 4.78 is 80.2. The molecular formula is C23H25F6N4O3+. The Balaban J connectivity index is 1.86. The zero-order valence-corrected chi connectivity index (χ0v) is 19.4. The van der Waals surface area contributed by atoms with Gasteiger partial charge in [-0.3, -0.25) is 14.6 Å². The normalized spacial score (nSPS) is 19.0. The van der Waals surface area contributed by atoms with Gasteiger partial charge >= 0.3 is 18.4 Å². The second-order valence-electron chi connectivity index (χ2n) is 9.16. The van der Waals surface area contributed by atoms with Crippen LogP contribution in [0.5, 0.6) is 0 Å². The van der Waals surface area contributed by atoms with Crippen LogP contribution in [0.4, 0.5) is 48.2 Å². The van der Waals surface area contributed by atoms with Crippen molar-refractivity contribution in [3.05, 3.63) is 63.7 Å². The summed E-state index contributed by atoms with van der Waals surface area (Å²) in [6.45, 7) is 0. The molecule has 3 rings (SSSR count). The van der Waals surface area contributed by atoms with Crippen LogP contribution in [0, 0.1) is 10.1 Å². The summed E-state index contributed by atoms with van der Waals surface area (Å²) in [7, 11) is 3.04. The van der Waals surface area contributed by atoms with Gasteiger partial charge in [0.05, 0.1) is 36.2 Å². The van der Waals surface area contributed by atoms with E-state index in [-0.39, 0.29) is 27.6 Å². The van der Waals surface area contributed by atoms with E-state index in [2.05, 4.69) is 10.6 Å². The number of benzene rings is 2. The van der Waals surface area contributed by atoms with E-state index >= 15 is 0 Å². The van der Waals surface area contributed by atoms with E-state index in [1.165, 1.54) is 38.4 Å². The third kappa shape index (κ3) is 6.25. The molecule has 0 bridgehead atoms. The number of anilines is 1. The van der Waals surface area contributed by atoms with Crippen LogP contribution in [-0.4, -0.2) is 37.1 Å². The van der Waals surface area contributed by atoms with E-state index in [0.717, 1.165) is 18.6 Å². The molecule has 0 unspecified atom stereocenters. The van der Waals surface area contributed by atoms with E-state index in [1.54, 1.807) is 0 Å². The van der Waals surface area contributed by atoms with Crippen molar-refractivity contribution in [1.82, 2.24) is 9.80 Å². The predicted octanol–water partition coefficient (Wildman–Crippen LogP) is 6.33. The molecule has 1 aliphatic rings. The Labute approximate surface area is 202 Å². The zero-order valence-electron chi connectivity index (χ0n) is 19.4. The molecule has 13 heteroatoms. The van der Waals surface area contributed by atoms with Crippen molar-refractivity contribution in [1.29, 1.82) is 0 Å². The number of amides is 2. The summed E-state index contributed by atoms with van der Waals surface area (Å²) in [4.78, 5) is 22.8. The first-order valence-corrected chi connectivity index (χ1v) is 11.0. The summed E-state index contributed by atoms with van der Waals surface area (Å²) >= 11 is 0. The third-order valence-electron chi connectivity index (χ3n) is 6.45. The molecular weight excluding hydrogens is 494 g/mol. The Morgan fingerprint density at radius 2 is 1.47 bits per heavy atom. The highest BCUT2D eigenvalue weighted by atomic mass is 19.4. The summed E-state index contributed by atoms with van der Waals surface area (Å²) in [5.74, 6) is 0. The van der Waals surface area contributed by atoms with Crippen LogP contribution >= 0.6 is 0 Å². The van der Waals surface area contributed by atoms with Crippen molar-refractivity contribution in [3.8, 4) is 0 Å². The fraction of sp³-hybridized carbons (Fsp3) is 0.435. The van der Waals surface area contributed by atoms with Gasteiger partial charge in [0.1, 0.15) is 11.7 Å². The summed E-state index contributed by atoms with van der Waals surface area (Å²) in [5.41, 5.74) is -2.84. The van der Waals surface area contributed by atoms with Crippen LogP contribution in [0.1, 0.15) is 36.8 Å².